The highest BCUT2D eigenvalue weighted by atomic mass is 35.5. The van der Waals surface area contributed by atoms with Gasteiger partial charge < -0.3 is 10.4 Å². The van der Waals surface area contributed by atoms with Gasteiger partial charge in [-0.15, -0.1) is 0 Å². The summed E-state index contributed by atoms with van der Waals surface area (Å²) in [5, 5.41) is 21.4. The number of hydrogen-bond donors (Lipinski definition) is 2. The lowest BCUT2D eigenvalue weighted by Crippen LogP contribution is -2.02. The summed E-state index contributed by atoms with van der Waals surface area (Å²) in [5.74, 6) is -0.551. The molecule has 0 aliphatic carbocycles. The molecule has 0 bridgehead atoms. The Bertz CT molecular complexity index is 652. The van der Waals surface area contributed by atoms with Gasteiger partial charge in [-0.05, 0) is 29.8 Å². The van der Waals surface area contributed by atoms with Gasteiger partial charge in [-0.2, -0.15) is 5.26 Å². The summed E-state index contributed by atoms with van der Waals surface area (Å²) >= 11 is 5.79. The molecule has 5 heteroatoms. The van der Waals surface area contributed by atoms with E-state index in [1.807, 2.05) is 6.07 Å². The minimum absolute atomic E-state index is 0.00823. The first kappa shape index (κ1) is 13.2. The highest BCUT2D eigenvalue weighted by molar-refractivity contribution is 6.32. The number of phenols is 1. The molecule has 3 nitrogen and oxygen atoms in total. The molecule has 0 spiro atoms. The standard InChI is InChI=1S/C14H10ClFN2O/c15-11-6-9(4-5-14(11)19)8-18-13-3-1-2-12(16)10(13)7-17/h1-6,18-19H,8H2. The number of nitrogens with zero attached hydrogens (tertiary/aromatic N) is 1. The third-order valence-corrected chi connectivity index (χ3v) is 2.92. The van der Waals surface area contributed by atoms with Crippen LogP contribution in [0.4, 0.5) is 10.1 Å². The zero-order chi connectivity index (χ0) is 13.8. The summed E-state index contributed by atoms with van der Waals surface area (Å²) in [6.45, 7) is 0.373. The summed E-state index contributed by atoms with van der Waals surface area (Å²) < 4.78 is 13.4. The van der Waals surface area contributed by atoms with Crippen molar-refractivity contribution in [2.24, 2.45) is 0 Å². The fourth-order valence-electron chi connectivity index (χ4n) is 1.64. The Morgan fingerprint density at radius 1 is 1.32 bits per heavy atom. The fourth-order valence-corrected chi connectivity index (χ4v) is 1.85. The molecule has 96 valence electrons. The van der Waals surface area contributed by atoms with Crippen molar-refractivity contribution in [3.63, 3.8) is 0 Å². The Kier molecular flexibility index (Phi) is 3.88. The van der Waals surface area contributed by atoms with Crippen molar-refractivity contribution >= 4 is 17.3 Å². The molecule has 0 heterocycles. The van der Waals surface area contributed by atoms with E-state index in [1.165, 1.54) is 18.2 Å². The minimum Gasteiger partial charge on any atom is -0.506 e. The molecule has 0 fully saturated rings. The first-order valence-electron chi connectivity index (χ1n) is 5.51. The maximum absolute atomic E-state index is 13.4. The Morgan fingerprint density at radius 2 is 2.11 bits per heavy atom. The van der Waals surface area contributed by atoms with Gasteiger partial charge in [0, 0.05) is 6.54 Å². The largest absolute Gasteiger partial charge is 0.506 e. The van der Waals surface area contributed by atoms with Crippen molar-refractivity contribution in [2.75, 3.05) is 5.32 Å². The third kappa shape index (κ3) is 2.95. The van der Waals surface area contributed by atoms with Gasteiger partial charge >= 0.3 is 0 Å². The molecular formula is C14H10ClFN2O. The number of anilines is 1. The van der Waals surface area contributed by atoms with E-state index in [0.717, 1.165) is 5.56 Å². The van der Waals surface area contributed by atoms with Gasteiger partial charge in [0.2, 0.25) is 0 Å². The lowest BCUT2D eigenvalue weighted by molar-refractivity contribution is 0.475. The van der Waals surface area contributed by atoms with Gasteiger partial charge in [0.25, 0.3) is 0 Å². The van der Waals surface area contributed by atoms with Crippen LogP contribution in [0.2, 0.25) is 5.02 Å². The van der Waals surface area contributed by atoms with Gasteiger partial charge in [-0.3, -0.25) is 0 Å². The molecule has 0 saturated heterocycles. The second-order valence-corrected chi connectivity index (χ2v) is 4.32. The molecule has 2 aromatic rings. The topological polar surface area (TPSA) is 56.0 Å². The number of rotatable bonds is 3. The van der Waals surface area contributed by atoms with E-state index >= 15 is 0 Å². The second-order valence-electron chi connectivity index (χ2n) is 3.91. The molecule has 2 N–H and O–H groups in total. The van der Waals surface area contributed by atoms with Crippen molar-refractivity contribution in [1.82, 2.24) is 0 Å². The van der Waals surface area contributed by atoms with Crippen LogP contribution >= 0.6 is 11.6 Å². The van der Waals surface area contributed by atoms with E-state index in [0.29, 0.717) is 12.2 Å². The predicted molar refractivity (Wildman–Crippen MR) is 71.6 cm³/mol. The van der Waals surface area contributed by atoms with E-state index in [-0.39, 0.29) is 16.3 Å². The van der Waals surface area contributed by atoms with E-state index in [4.69, 9.17) is 16.9 Å². The predicted octanol–water partition coefficient (Wildman–Crippen LogP) is 3.67. The SMILES string of the molecule is N#Cc1c(F)cccc1NCc1ccc(O)c(Cl)c1. The number of halogens is 2. The van der Waals surface area contributed by atoms with Gasteiger partial charge in [0.15, 0.2) is 0 Å². The maximum Gasteiger partial charge on any atom is 0.143 e. The van der Waals surface area contributed by atoms with Crippen molar-refractivity contribution in [3.05, 3.63) is 58.4 Å². The Hall–Kier alpha value is -2.25. The van der Waals surface area contributed by atoms with Crippen LogP contribution in [0.3, 0.4) is 0 Å². The number of aromatic hydroxyl groups is 1. The van der Waals surface area contributed by atoms with Crippen molar-refractivity contribution in [2.45, 2.75) is 6.54 Å². The summed E-state index contributed by atoms with van der Waals surface area (Å²) in [7, 11) is 0. The summed E-state index contributed by atoms with van der Waals surface area (Å²) in [6, 6.07) is 11.0. The highest BCUT2D eigenvalue weighted by Crippen LogP contribution is 2.24. The van der Waals surface area contributed by atoms with Crippen LogP contribution in [0.5, 0.6) is 5.75 Å². The van der Waals surface area contributed by atoms with E-state index < -0.39 is 5.82 Å². The quantitative estimate of drug-likeness (QED) is 0.899. The number of benzene rings is 2. The lowest BCUT2D eigenvalue weighted by Gasteiger charge is -2.09. The van der Waals surface area contributed by atoms with Crippen molar-refractivity contribution in [1.29, 1.82) is 5.26 Å². The van der Waals surface area contributed by atoms with Crippen molar-refractivity contribution < 1.29 is 9.50 Å². The summed E-state index contributed by atoms with van der Waals surface area (Å²) in [6.07, 6.45) is 0. The van der Waals surface area contributed by atoms with Crippen molar-refractivity contribution in [3.8, 4) is 11.8 Å². The Morgan fingerprint density at radius 3 is 2.79 bits per heavy atom. The molecule has 0 atom stereocenters. The van der Waals surface area contributed by atoms with E-state index in [9.17, 15) is 9.50 Å². The molecule has 2 aromatic carbocycles. The number of phenolic OH excluding ortho intramolecular Hbond substituents is 1. The van der Waals surface area contributed by atoms with E-state index in [1.54, 1.807) is 18.2 Å². The molecule has 0 aromatic heterocycles. The van der Waals surface area contributed by atoms with Crippen LogP contribution in [0.1, 0.15) is 11.1 Å². The molecule has 19 heavy (non-hydrogen) atoms. The molecule has 0 radical (unpaired) electrons. The summed E-state index contributed by atoms with van der Waals surface area (Å²) in [5.41, 5.74) is 1.22. The molecule has 0 aliphatic rings. The molecule has 2 rings (SSSR count). The first-order chi connectivity index (χ1) is 9.11. The van der Waals surface area contributed by atoms with Crippen LogP contribution in [-0.2, 0) is 6.54 Å². The normalized spacial score (nSPS) is 9.95. The van der Waals surface area contributed by atoms with Crippen LogP contribution in [0.15, 0.2) is 36.4 Å². The zero-order valence-corrected chi connectivity index (χ0v) is 10.6. The molecule has 0 unspecified atom stereocenters. The maximum atomic E-state index is 13.4. The molecule has 0 saturated carbocycles. The van der Waals surface area contributed by atoms with Gasteiger partial charge in [0.05, 0.1) is 10.7 Å². The molecule has 0 amide bonds. The molecular weight excluding hydrogens is 267 g/mol. The van der Waals surface area contributed by atoms with Crippen LogP contribution in [-0.4, -0.2) is 5.11 Å². The summed E-state index contributed by atoms with van der Waals surface area (Å²) in [4.78, 5) is 0. The number of nitriles is 1. The Labute approximate surface area is 114 Å². The lowest BCUT2D eigenvalue weighted by atomic mass is 10.1. The van der Waals surface area contributed by atoms with Crippen LogP contribution in [0, 0.1) is 17.1 Å². The third-order valence-electron chi connectivity index (χ3n) is 2.62. The van der Waals surface area contributed by atoms with Gasteiger partial charge in [-0.25, -0.2) is 4.39 Å². The first-order valence-corrected chi connectivity index (χ1v) is 5.89. The average molecular weight is 277 g/mol. The molecule has 0 aliphatic heterocycles. The number of nitrogens with one attached hydrogen (secondary N) is 1. The second kappa shape index (κ2) is 5.59. The number of hydrogen-bond acceptors (Lipinski definition) is 3. The van der Waals surface area contributed by atoms with Crippen LogP contribution < -0.4 is 5.32 Å². The minimum atomic E-state index is -0.559. The van der Waals surface area contributed by atoms with Gasteiger partial charge in [-0.1, -0.05) is 23.7 Å². The highest BCUT2D eigenvalue weighted by Gasteiger charge is 2.07. The monoisotopic (exact) mass is 276 g/mol. The Balaban J connectivity index is 2.17. The van der Waals surface area contributed by atoms with Crippen LogP contribution in [0.25, 0.3) is 0 Å². The fraction of sp³-hybridized carbons (Fsp3) is 0.0714. The zero-order valence-electron chi connectivity index (χ0n) is 9.82. The van der Waals surface area contributed by atoms with Gasteiger partial charge in [0.1, 0.15) is 23.2 Å². The smallest absolute Gasteiger partial charge is 0.143 e. The average Bonchev–Trinajstić information content (AvgIpc) is 2.40. The van der Waals surface area contributed by atoms with E-state index in [2.05, 4.69) is 5.32 Å².